The van der Waals surface area contributed by atoms with Gasteiger partial charge in [0.1, 0.15) is 17.0 Å². The van der Waals surface area contributed by atoms with Gasteiger partial charge >= 0.3 is 0 Å². The summed E-state index contributed by atoms with van der Waals surface area (Å²) < 4.78 is 5.24. The molecule has 19 heavy (non-hydrogen) atoms. The first-order valence-electron chi connectivity index (χ1n) is 5.79. The summed E-state index contributed by atoms with van der Waals surface area (Å²) in [5.74, 6) is 0.834. The average molecular weight is 273 g/mol. The van der Waals surface area contributed by atoms with E-state index in [-0.39, 0.29) is 5.15 Å². The second kappa shape index (κ2) is 5.29. The molecule has 96 valence electrons. The molecule has 1 heterocycles. The van der Waals surface area contributed by atoms with E-state index in [1.165, 1.54) is 0 Å². The maximum Gasteiger partial charge on any atom is 0.147 e. The number of hydrogen-bond donors (Lipinski definition) is 0. The van der Waals surface area contributed by atoms with Gasteiger partial charge in [-0.3, -0.25) is 0 Å². The largest absolute Gasteiger partial charge is 0.496 e. The van der Waals surface area contributed by atoms with Crippen LogP contribution >= 0.6 is 11.6 Å². The molecule has 0 saturated heterocycles. The third-order valence-corrected chi connectivity index (χ3v) is 3.24. The highest BCUT2D eigenvalue weighted by atomic mass is 35.5. The maximum atomic E-state index is 8.93. The number of nitrogens with zero attached hydrogens (tertiary/aromatic N) is 2. The quantitative estimate of drug-likeness (QED) is 0.779. The zero-order valence-electron chi connectivity index (χ0n) is 11.0. The maximum absolute atomic E-state index is 8.93. The van der Waals surface area contributed by atoms with Crippen LogP contribution in [0.4, 0.5) is 0 Å². The number of benzene rings is 1. The Morgan fingerprint density at radius 3 is 2.53 bits per heavy atom. The van der Waals surface area contributed by atoms with Gasteiger partial charge in [0.25, 0.3) is 0 Å². The van der Waals surface area contributed by atoms with Crippen LogP contribution in [0.25, 0.3) is 11.3 Å². The molecule has 1 aromatic carbocycles. The Balaban J connectivity index is 2.57. The number of pyridine rings is 1. The zero-order chi connectivity index (χ0) is 14.0. The van der Waals surface area contributed by atoms with Gasteiger partial charge in [-0.2, -0.15) is 5.26 Å². The number of aryl methyl sites for hydroxylation is 2. The predicted molar refractivity (Wildman–Crippen MR) is 75.4 cm³/mol. The Morgan fingerprint density at radius 1 is 1.21 bits per heavy atom. The summed E-state index contributed by atoms with van der Waals surface area (Å²) in [6.07, 6.45) is 0. The van der Waals surface area contributed by atoms with E-state index in [2.05, 4.69) is 4.98 Å². The highest BCUT2D eigenvalue weighted by Gasteiger charge is 2.10. The van der Waals surface area contributed by atoms with Crippen LogP contribution in [-0.4, -0.2) is 12.1 Å². The molecule has 0 unspecified atom stereocenters. The van der Waals surface area contributed by atoms with Crippen molar-refractivity contribution in [1.82, 2.24) is 4.98 Å². The van der Waals surface area contributed by atoms with Crippen molar-refractivity contribution in [2.24, 2.45) is 0 Å². The van der Waals surface area contributed by atoms with E-state index < -0.39 is 0 Å². The van der Waals surface area contributed by atoms with Crippen LogP contribution in [0.15, 0.2) is 24.3 Å². The van der Waals surface area contributed by atoms with Crippen molar-refractivity contribution < 1.29 is 4.74 Å². The molecule has 0 bridgehead atoms. The van der Waals surface area contributed by atoms with Crippen LogP contribution in [-0.2, 0) is 0 Å². The fraction of sp³-hybridized carbons (Fsp3) is 0.200. The molecule has 0 aliphatic carbocycles. The van der Waals surface area contributed by atoms with Gasteiger partial charge in [-0.15, -0.1) is 0 Å². The average Bonchev–Trinajstić information content (AvgIpc) is 2.40. The summed E-state index contributed by atoms with van der Waals surface area (Å²) in [5.41, 5.74) is 4.09. The Morgan fingerprint density at radius 2 is 1.95 bits per heavy atom. The monoisotopic (exact) mass is 272 g/mol. The summed E-state index contributed by atoms with van der Waals surface area (Å²) >= 11 is 5.99. The van der Waals surface area contributed by atoms with E-state index in [0.717, 1.165) is 28.1 Å². The third kappa shape index (κ3) is 2.54. The molecular formula is C15H13ClN2O. The van der Waals surface area contributed by atoms with Gasteiger partial charge in [-0.05, 0) is 49.2 Å². The summed E-state index contributed by atoms with van der Waals surface area (Å²) in [6, 6.07) is 9.62. The van der Waals surface area contributed by atoms with Crippen LogP contribution in [0.1, 0.15) is 16.7 Å². The van der Waals surface area contributed by atoms with Gasteiger partial charge in [0, 0.05) is 5.56 Å². The molecular weight excluding hydrogens is 260 g/mol. The summed E-state index contributed by atoms with van der Waals surface area (Å²) in [6.45, 7) is 3.89. The molecule has 2 aromatic rings. The van der Waals surface area contributed by atoms with Crippen LogP contribution in [0.2, 0.25) is 5.15 Å². The van der Waals surface area contributed by atoms with E-state index in [4.69, 9.17) is 21.6 Å². The fourth-order valence-electron chi connectivity index (χ4n) is 1.99. The number of hydrogen-bond acceptors (Lipinski definition) is 3. The van der Waals surface area contributed by atoms with Gasteiger partial charge in [-0.1, -0.05) is 11.6 Å². The Bertz CT molecular complexity index is 675. The number of aromatic nitrogens is 1. The van der Waals surface area contributed by atoms with Crippen LogP contribution < -0.4 is 4.74 Å². The van der Waals surface area contributed by atoms with Crippen molar-refractivity contribution in [3.63, 3.8) is 0 Å². The standard InChI is InChI=1S/C15H13ClN2O/c1-9-6-11(4-5-13(9)19-3)14-10(2)7-12(8-17)15(16)18-14/h4-7H,1-3H3. The Labute approximate surface area is 117 Å². The van der Waals surface area contributed by atoms with E-state index in [1.807, 2.05) is 38.1 Å². The molecule has 0 atom stereocenters. The summed E-state index contributed by atoms with van der Waals surface area (Å²) in [7, 11) is 1.64. The highest BCUT2D eigenvalue weighted by molar-refractivity contribution is 6.30. The van der Waals surface area contributed by atoms with E-state index in [0.29, 0.717) is 5.56 Å². The number of nitriles is 1. The van der Waals surface area contributed by atoms with Crippen molar-refractivity contribution in [2.75, 3.05) is 7.11 Å². The molecule has 0 aliphatic rings. The number of ether oxygens (including phenoxy) is 1. The molecule has 1 aromatic heterocycles. The molecule has 0 radical (unpaired) electrons. The smallest absolute Gasteiger partial charge is 0.147 e. The lowest BCUT2D eigenvalue weighted by atomic mass is 10.0. The fourth-order valence-corrected chi connectivity index (χ4v) is 2.17. The molecule has 0 saturated carbocycles. The second-order valence-electron chi connectivity index (χ2n) is 4.29. The third-order valence-electron chi connectivity index (χ3n) is 2.96. The lowest BCUT2D eigenvalue weighted by Gasteiger charge is -2.10. The molecule has 3 nitrogen and oxygen atoms in total. The SMILES string of the molecule is COc1ccc(-c2nc(Cl)c(C#N)cc2C)cc1C. The van der Waals surface area contributed by atoms with Gasteiger partial charge < -0.3 is 4.74 Å². The first-order chi connectivity index (χ1) is 9.06. The first-order valence-corrected chi connectivity index (χ1v) is 6.17. The Kier molecular flexibility index (Phi) is 3.73. The van der Waals surface area contributed by atoms with Crippen molar-refractivity contribution in [3.8, 4) is 23.1 Å². The summed E-state index contributed by atoms with van der Waals surface area (Å²) in [5, 5.41) is 9.16. The van der Waals surface area contributed by atoms with E-state index in [9.17, 15) is 0 Å². The Hall–Kier alpha value is -2.05. The van der Waals surface area contributed by atoms with Crippen LogP contribution in [0, 0.1) is 25.2 Å². The van der Waals surface area contributed by atoms with Crippen molar-refractivity contribution in [3.05, 3.63) is 46.1 Å². The summed E-state index contributed by atoms with van der Waals surface area (Å²) in [4.78, 5) is 4.31. The van der Waals surface area contributed by atoms with Gasteiger partial charge in [0.2, 0.25) is 0 Å². The molecule has 4 heteroatoms. The molecule has 0 N–H and O–H groups in total. The number of methoxy groups -OCH3 is 1. The minimum absolute atomic E-state index is 0.233. The minimum atomic E-state index is 0.233. The lowest BCUT2D eigenvalue weighted by Crippen LogP contribution is -1.94. The second-order valence-corrected chi connectivity index (χ2v) is 4.65. The van der Waals surface area contributed by atoms with Crippen LogP contribution in [0.3, 0.4) is 0 Å². The highest BCUT2D eigenvalue weighted by Crippen LogP contribution is 2.29. The van der Waals surface area contributed by atoms with Gasteiger partial charge in [0.05, 0.1) is 18.4 Å². The molecule has 0 fully saturated rings. The lowest BCUT2D eigenvalue weighted by molar-refractivity contribution is 0.412. The van der Waals surface area contributed by atoms with Crippen molar-refractivity contribution in [1.29, 1.82) is 5.26 Å². The first kappa shape index (κ1) is 13.4. The normalized spacial score (nSPS) is 10.1. The topological polar surface area (TPSA) is 45.9 Å². The van der Waals surface area contributed by atoms with Gasteiger partial charge in [0.15, 0.2) is 0 Å². The van der Waals surface area contributed by atoms with E-state index in [1.54, 1.807) is 13.2 Å². The number of halogens is 1. The molecule has 0 spiro atoms. The van der Waals surface area contributed by atoms with Crippen LogP contribution in [0.5, 0.6) is 5.75 Å². The zero-order valence-corrected chi connectivity index (χ0v) is 11.7. The molecule has 0 aliphatic heterocycles. The number of rotatable bonds is 2. The van der Waals surface area contributed by atoms with Crippen molar-refractivity contribution >= 4 is 11.6 Å². The molecule has 0 amide bonds. The van der Waals surface area contributed by atoms with Gasteiger partial charge in [-0.25, -0.2) is 4.98 Å². The predicted octanol–water partition coefficient (Wildman–Crippen LogP) is 3.90. The van der Waals surface area contributed by atoms with Crippen molar-refractivity contribution in [2.45, 2.75) is 13.8 Å². The van der Waals surface area contributed by atoms with E-state index >= 15 is 0 Å². The minimum Gasteiger partial charge on any atom is -0.496 e. The molecule has 2 rings (SSSR count).